The number of carbonyl (C=O) groups excluding carboxylic acids is 1. The molecule has 0 unspecified atom stereocenters. The molecule has 1 aliphatic rings. The van der Waals surface area contributed by atoms with Crippen molar-refractivity contribution >= 4 is 23.6 Å². The van der Waals surface area contributed by atoms with E-state index in [-0.39, 0.29) is 18.2 Å². The van der Waals surface area contributed by atoms with Crippen LogP contribution in [0.15, 0.2) is 5.16 Å². The molecule has 0 aromatic carbocycles. The van der Waals surface area contributed by atoms with Crippen molar-refractivity contribution in [1.82, 2.24) is 25.5 Å². The van der Waals surface area contributed by atoms with Gasteiger partial charge in [0.05, 0.1) is 5.75 Å². The Bertz CT molecular complexity index is 431. The van der Waals surface area contributed by atoms with Crippen LogP contribution in [0, 0.1) is 0 Å². The van der Waals surface area contributed by atoms with Gasteiger partial charge in [-0.3, -0.25) is 9.59 Å². The fourth-order valence-electron chi connectivity index (χ4n) is 1.15. The number of aromatic nitrogens is 4. The number of tetrazole rings is 1. The lowest BCUT2D eigenvalue weighted by molar-refractivity contribution is -0.138. The number of amides is 1. The van der Waals surface area contributed by atoms with E-state index in [4.69, 9.17) is 5.11 Å². The number of hydrogen-bond acceptors (Lipinski definition) is 6. The molecule has 0 bridgehead atoms. The summed E-state index contributed by atoms with van der Waals surface area (Å²) in [5, 5.41) is 22.3. The maximum Gasteiger partial charge on any atom is 0.325 e. The van der Waals surface area contributed by atoms with Crippen LogP contribution >= 0.6 is 11.8 Å². The second-order valence-electron chi connectivity index (χ2n) is 3.64. The van der Waals surface area contributed by atoms with Crippen molar-refractivity contribution < 1.29 is 14.7 Å². The molecule has 1 amide bonds. The number of nitrogens with one attached hydrogen (secondary N) is 1. The van der Waals surface area contributed by atoms with E-state index >= 15 is 0 Å². The molecule has 0 atom stereocenters. The third-order valence-electron chi connectivity index (χ3n) is 2.06. The van der Waals surface area contributed by atoms with E-state index in [2.05, 4.69) is 20.8 Å². The maximum atomic E-state index is 11.4. The van der Waals surface area contributed by atoms with Crippen molar-refractivity contribution in [3.05, 3.63) is 0 Å². The van der Waals surface area contributed by atoms with E-state index < -0.39 is 5.97 Å². The number of hydrogen-bond donors (Lipinski definition) is 2. The molecular weight excluding hydrogens is 246 g/mol. The first kappa shape index (κ1) is 11.8. The molecule has 2 N–H and O–H groups in total. The quantitative estimate of drug-likeness (QED) is 0.637. The highest BCUT2D eigenvalue weighted by Gasteiger charge is 2.23. The third-order valence-corrected chi connectivity index (χ3v) is 3.02. The average molecular weight is 257 g/mol. The predicted octanol–water partition coefficient (Wildman–Crippen LogP) is -0.872. The number of carbonyl (C=O) groups is 2. The van der Waals surface area contributed by atoms with E-state index in [0.29, 0.717) is 11.2 Å². The van der Waals surface area contributed by atoms with E-state index in [9.17, 15) is 9.59 Å². The van der Waals surface area contributed by atoms with E-state index in [1.54, 1.807) is 0 Å². The molecule has 1 aromatic rings. The summed E-state index contributed by atoms with van der Waals surface area (Å²) in [6.07, 6.45) is 2.07. The second-order valence-corrected chi connectivity index (χ2v) is 4.59. The summed E-state index contributed by atoms with van der Waals surface area (Å²) in [6.45, 7) is -0.306. The van der Waals surface area contributed by atoms with Gasteiger partial charge >= 0.3 is 5.97 Å². The fourth-order valence-corrected chi connectivity index (χ4v) is 1.84. The molecule has 0 spiro atoms. The summed E-state index contributed by atoms with van der Waals surface area (Å²) in [5.74, 6) is -0.916. The van der Waals surface area contributed by atoms with Gasteiger partial charge in [-0.25, -0.2) is 4.68 Å². The number of carboxylic acid groups (broad SMARTS) is 1. The lowest BCUT2D eigenvalue weighted by Gasteiger charge is -2.02. The van der Waals surface area contributed by atoms with Gasteiger partial charge in [-0.1, -0.05) is 11.8 Å². The highest BCUT2D eigenvalue weighted by atomic mass is 32.2. The van der Waals surface area contributed by atoms with Crippen LogP contribution < -0.4 is 5.32 Å². The van der Waals surface area contributed by atoms with Crippen molar-refractivity contribution in [3.63, 3.8) is 0 Å². The number of rotatable bonds is 6. The van der Waals surface area contributed by atoms with E-state index in [1.165, 1.54) is 0 Å². The predicted molar refractivity (Wildman–Crippen MR) is 57.3 cm³/mol. The Morgan fingerprint density at radius 1 is 1.53 bits per heavy atom. The molecule has 0 radical (unpaired) electrons. The van der Waals surface area contributed by atoms with E-state index in [1.807, 2.05) is 0 Å². The Morgan fingerprint density at radius 3 is 2.94 bits per heavy atom. The Hall–Kier alpha value is -1.64. The largest absolute Gasteiger partial charge is 0.480 e. The summed E-state index contributed by atoms with van der Waals surface area (Å²) >= 11 is 1.13. The first-order valence-electron chi connectivity index (χ1n) is 5.05. The maximum absolute atomic E-state index is 11.4. The van der Waals surface area contributed by atoms with Gasteiger partial charge in [-0.15, -0.1) is 5.10 Å². The molecule has 8 nitrogen and oxygen atoms in total. The highest BCUT2D eigenvalue weighted by molar-refractivity contribution is 7.99. The normalized spacial score (nSPS) is 14.6. The summed E-state index contributed by atoms with van der Waals surface area (Å²) in [5.41, 5.74) is 0. The van der Waals surface area contributed by atoms with Crippen LogP contribution in [0.3, 0.4) is 0 Å². The topological polar surface area (TPSA) is 110 Å². The number of thioether (sulfide) groups is 1. The van der Waals surface area contributed by atoms with Crippen LogP contribution in [0.4, 0.5) is 0 Å². The van der Waals surface area contributed by atoms with E-state index in [0.717, 1.165) is 29.3 Å². The van der Waals surface area contributed by atoms with Crippen molar-refractivity contribution in [1.29, 1.82) is 0 Å². The molecule has 0 aliphatic heterocycles. The van der Waals surface area contributed by atoms with Crippen molar-refractivity contribution in [3.8, 4) is 0 Å². The van der Waals surface area contributed by atoms with Crippen LogP contribution in [-0.4, -0.2) is 49.0 Å². The molecule has 9 heteroatoms. The van der Waals surface area contributed by atoms with Crippen LogP contribution in [0.25, 0.3) is 0 Å². The summed E-state index contributed by atoms with van der Waals surface area (Å²) < 4.78 is 1.15. The molecule has 17 heavy (non-hydrogen) atoms. The Kier molecular flexibility index (Phi) is 3.57. The van der Waals surface area contributed by atoms with Crippen molar-refractivity contribution in [2.45, 2.75) is 30.6 Å². The van der Waals surface area contributed by atoms with Crippen LogP contribution in [0.1, 0.15) is 12.8 Å². The number of carboxylic acids is 1. The molecule has 0 saturated heterocycles. The zero-order valence-electron chi connectivity index (χ0n) is 8.87. The zero-order valence-corrected chi connectivity index (χ0v) is 9.68. The smallest absolute Gasteiger partial charge is 0.325 e. The van der Waals surface area contributed by atoms with Gasteiger partial charge in [-0.05, 0) is 23.3 Å². The Labute approximate surface area is 101 Å². The van der Waals surface area contributed by atoms with Crippen LogP contribution in [-0.2, 0) is 16.1 Å². The number of nitrogens with zero attached hydrogens (tertiary/aromatic N) is 4. The molecular formula is C8H11N5O3S. The van der Waals surface area contributed by atoms with Gasteiger partial charge in [0.15, 0.2) is 0 Å². The van der Waals surface area contributed by atoms with Crippen molar-refractivity contribution in [2.24, 2.45) is 0 Å². The molecule has 1 fully saturated rings. The summed E-state index contributed by atoms with van der Waals surface area (Å²) in [6, 6.07) is 0.318. The molecule has 2 rings (SSSR count). The third kappa shape index (κ3) is 3.70. The highest BCUT2D eigenvalue weighted by Crippen LogP contribution is 2.19. The first-order chi connectivity index (χ1) is 8.15. The Balaban J connectivity index is 1.82. The molecule has 1 aromatic heterocycles. The minimum absolute atomic E-state index is 0.0811. The van der Waals surface area contributed by atoms with Gasteiger partial charge in [-0.2, -0.15) is 0 Å². The first-order valence-corrected chi connectivity index (χ1v) is 6.04. The average Bonchev–Trinajstić information content (AvgIpc) is 2.95. The standard InChI is InChI=1S/C8H11N5O3S/c14-6(9-5-1-2-5)4-17-8-10-11-12-13(8)3-7(15)16/h5H,1-4H2,(H,9,14)(H,15,16). The minimum atomic E-state index is -1.03. The zero-order chi connectivity index (χ0) is 12.3. The number of aliphatic carboxylic acids is 1. The summed E-state index contributed by atoms with van der Waals surface area (Å²) in [7, 11) is 0. The van der Waals surface area contributed by atoms with Gasteiger partial charge in [0.2, 0.25) is 11.1 Å². The molecule has 1 saturated carbocycles. The SMILES string of the molecule is O=C(O)Cn1nnnc1SCC(=O)NC1CC1. The lowest BCUT2D eigenvalue weighted by Crippen LogP contribution is -2.27. The molecule has 1 heterocycles. The van der Waals surface area contributed by atoms with Gasteiger partial charge in [0, 0.05) is 6.04 Å². The fraction of sp³-hybridized carbons (Fsp3) is 0.625. The summed E-state index contributed by atoms with van der Waals surface area (Å²) in [4.78, 5) is 21.9. The van der Waals surface area contributed by atoms with Gasteiger partial charge in [0.25, 0.3) is 0 Å². The van der Waals surface area contributed by atoms with Gasteiger partial charge in [0.1, 0.15) is 6.54 Å². The van der Waals surface area contributed by atoms with Crippen molar-refractivity contribution in [2.75, 3.05) is 5.75 Å². The van der Waals surface area contributed by atoms with Crippen LogP contribution in [0.2, 0.25) is 0 Å². The minimum Gasteiger partial charge on any atom is -0.480 e. The molecule has 92 valence electrons. The van der Waals surface area contributed by atoms with Gasteiger partial charge < -0.3 is 10.4 Å². The lowest BCUT2D eigenvalue weighted by atomic mass is 10.6. The second kappa shape index (κ2) is 5.13. The van der Waals surface area contributed by atoms with Crippen LogP contribution in [0.5, 0.6) is 0 Å². The Morgan fingerprint density at radius 2 is 2.29 bits per heavy atom. The molecule has 1 aliphatic carbocycles. The monoisotopic (exact) mass is 257 g/mol.